The second-order valence-electron chi connectivity index (χ2n) is 1.70. The number of alkyl halides is 2. The molecule has 0 aromatic heterocycles. The van der Waals surface area contributed by atoms with Crippen molar-refractivity contribution in [3.8, 4) is 0 Å². The molecule has 0 aliphatic carbocycles. The number of rotatable bonds is 1. The Balaban J connectivity index is 2.68. The van der Waals surface area contributed by atoms with Crippen LogP contribution in [0.4, 0.5) is 8.78 Å². The molecule has 1 N–H and O–H groups in total. The summed E-state index contributed by atoms with van der Waals surface area (Å²) in [5.74, 6) is -0.509. The van der Waals surface area contributed by atoms with E-state index < -0.39 is 17.8 Å². The Labute approximate surface area is 50.5 Å². The van der Waals surface area contributed by atoms with Crippen LogP contribution in [0, 0.1) is 0 Å². The molecule has 50 valence electrons. The Morgan fingerprint density at radius 2 is 2.33 bits per heavy atom. The average Bonchev–Trinajstić information content (AvgIpc) is 2.13. The third-order valence-corrected chi connectivity index (χ3v) is 1.08. The van der Waals surface area contributed by atoms with E-state index in [-0.39, 0.29) is 6.54 Å². The molecular weight excluding hydrogens is 128 g/mol. The lowest BCUT2D eigenvalue weighted by atomic mass is 10.2. The number of halogens is 2. The van der Waals surface area contributed by atoms with Gasteiger partial charge in [0.1, 0.15) is 0 Å². The summed E-state index contributed by atoms with van der Waals surface area (Å²) in [5, 5.41) is 2.41. The zero-order chi connectivity index (χ0) is 6.85. The topological polar surface area (TPSA) is 29.1 Å². The highest BCUT2D eigenvalue weighted by atomic mass is 19.3. The first-order valence-electron chi connectivity index (χ1n) is 2.46. The maximum atomic E-state index is 11.7. The average molecular weight is 133 g/mol. The van der Waals surface area contributed by atoms with E-state index in [1.54, 1.807) is 0 Å². The number of hydrogen-bond donors (Lipinski definition) is 1. The fraction of sp³-hybridized carbons (Fsp3) is 0.400. The molecule has 1 rings (SSSR count). The zero-order valence-corrected chi connectivity index (χ0v) is 4.53. The lowest BCUT2D eigenvalue weighted by Crippen LogP contribution is -2.11. The summed E-state index contributed by atoms with van der Waals surface area (Å²) in [4.78, 5) is 10.4. The number of ketones is 1. The van der Waals surface area contributed by atoms with Crippen molar-refractivity contribution in [2.75, 3.05) is 6.54 Å². The van der Waals surface area contributed by atoms with Gasteiger partial charge in [0.2, 0.25) is 0 Å². The van der Waals surface area contributed by atoms with Gasteiger partial charge in [-0.1, -0.05) is 0 Å². The minimum absolute atomic E-state index is 0.0136. The standard InChI is InChI=1S/C5H5F2NO/c6-5(7)3-1-8-2-4(3)9/h1,5,8H,2H2. The van der Waals surface area contributed by atoms with Gasteiger partial charge < -0.3 is 5.32 Å². The molecule has 2 nitrogen and oxygen atoms in total. The molecule has 0 atom stereocenters. The maximum absolute atomic E-state index is 11.7. The second-order valence-corrected chi connectivity index (χ2v) is 1.70. The van der Waals surface area contributed by atoms with Crippen LogP contribution in [-0.4, -0.2) is 18.8 Å². The molecular formula is C5H5F2NO. The lowest BCUT2D eigenvalue weighted by Gasteiger charge is -1.92. The molecule has 0 saturated carbocycles. The zero-order valence-electron chi connectivity index (χ0n) is 4.53. The molecule has 0 saturated heterocycles. The van der Waals surface area contributed by atoms with Crippen LogP contribution >= 0.6 is 0 Å². The van der Waals surface area contributed by atoms with Crippen LogP contribution in [0.15, 0.2) is 11.8 Å². The number of carbonyl (C=O) groups excluding carboxylic acids is 1. The first-order valence-corrected chi connectivity index (χ1v) is 2.46. The van der Waals surface area contributed by atoms with E-state index in [4.69, 9.17) is 0 Å². The van der Waals surface area contributed by atoms with Crippen LogP contribution in [0.5, 0.6) is 0 Å². The van der Waals surface area contributed by atoms with Gasteiger partial charge in [-0.25, -0.2) is 8.78 Å². The molecule has 0 aromatic rings. The Kier molecular flexibility index (Phi) is 1.46. The first kappa shape index (κ1) is 6.19. The van der Waals surface area contributed by atoms with E-state index in [1.807, 2.05) is 0 Å². The van der Waals surface area contributed by atoms with Crippen LogP contribution in [0.1, 0.15) is 0 Å². The summed E-state index contributed by atoms with van der Waals surface area (Å²) in [6.45, 7) is 0.0136. The van der Waals surface area contributed by atoms with Crippen molar-refractivity contribution in [2.24, 2.45) is 0 Å². The van der Waals surface area contributed by atoms with Crippen molar-refractivity contribution in [1.29, 1.82) is 0 Å². The minimum atomic E-state index is -2.63. The quantitative estimate of drug-likeness (QED) is 0.557. The minimum Gasteiger partial charge on any atom is -0.383 e. The Hall–Kier alpha value is -0.930. The van der Waals surface area contributed by atoms with E-state index >= 15 is 0 Å². The molecule has 0 spiro atoms. The van der Waals surface area contributed by atoms with Gasteiger partial charge in [0.15, 0.2) is 5.78 Å². The summed E-state index contributed by atoms with van der Waals surface area (Å²) in [6, 6.07) is 0. The van der Waals surface area contributed by atoms with E-state index in [1.165, 1.54) is 0 Å². The molecule has 0 unspecified atom stereocenters. The molecule has 0 amide bonds. The summed E-state index contributed by atoms with van der Waals surface area (Å²) >= 11 is 0. The highest BCUT2D eigenvalue weighted by molar-refractivity contribution is 5.99. The summed E-state index contributed by atoms with van der Waals surface area (Å²) in [5.41, 5.74) is -0.407. The largest absolute Gasteiger partial charge is 0.383 e. The van der Waals surface area contributed by atoms with Gasteiger partial charge >= 0.3 is 0 Å². The molecule has 0 bridgehead atoms. The number of carbonyl (C=O) groups is 1. The highest BCUT2D eigenvalue weighted by Gasteiger charge is 2.22. The third kappa shape index (κ3) is 1.06. The van der Waals surface area contributed by atoms with Crippen molar-refractivity contribution in [3.05, 3.63) is 11.8 Å². The molecule has 1 heterocycles. The van der Waals surface area contributed by atoms with Crippen LogP contribution in [0.3, 0.4) is 0 Å². The molecule has 0 aromatic carbocycles. The van der Waals surface area contributed by atoms with Gasteiger partial charge in [0, 0.05) is 6.20 Å². The van der Waals surface area contributed by atoms with E-state index in [0.717, 1.165) is 6.20 Å². The van der Waals surface area contributed by atoms with Crippen molar-refractivity contribution < 1.29 is 13.6 Å². The van der Waals surface area contributed by atoms with Gasteiger partial charge in [-0.05, 0) is 0 Å². The lowest BCUT2D eigenvalue weighted by molar-refractivity contribution is -0.115. The molecule has 1 aliphatic rings. The molecule has 0 fully saturated rings. The molecule has 9 heavy (non-hydrogen) atoms. The van der Waals surface area contributed by atoms with Gasteiger partial charge in [-0.3, -0.25) is 4.79 Å². The SMILES string of the molecule is O=C1CNC=C1C(F)F. The van der Waals surface area contributed by atoms with Crippen molar-refractivity contribution in [2.45, 2.75) is 6.43 Å². The number of Topliss-reactive ketones (excluding diaryl/α,β-unsaturated/α-hetero) is 1. The second kappa shape index (κ2) is 2.13. The van der Waals surface area contributed by atoms with Gasteiger partial charge in [0.05, 0.1) is 12.1 Å². The Bertz CT molecular complexity index is 164. The Morgan fingerprint density at radius 1 is 1.67 bits per heavy atom. The molecule has 4 heteroatoms. The van der Waals surface area contributed by atoms with Gasteiger partial charge in [-0.15, -0.1) is 0 Å². The summed E-state index contributed by atoms with van der Waals surface area (Å²) in [7, 11) is 0. The number of hydrogen-bond acceptors (Lipinski definition) is 2. The van der Waals surface area contributed by atoms with Gasteiger partial charge in [-0.2, -0.15) is 0 Å². The highest BCUT2D eigenvalue weighted by Crippen LogP contribution is 2.11. The first-order chi connectivity index (χ1) is 4.22. The fourth-order valence-electron chi connectivity index (χ4n) is 0.621. The number of nitrogens with one attached hydrogen (secondary N) is 1. The Morgan fingerprint density at radius 3 is 2.56 bits per heavy atom. The van der Waals surface area contributed by atoms with Gasteiger partial charge in [0.25, 0.3) is 6.43 Å². The normalized spacial score (nSPS) is 18.1. The third-order valence-electron chi connectivity index (χ3n) is 1.08. The fourth-order valence-corrected chi connectivity index (χ4v) is 0.621. The van der Waals surface area contributed by atoms with Crippen molar-refractivity contribution in [3.63, 3.8) is 0 Å². The van der Waals surface area contributed by atoms with E-state index in [0.29, 0.717) is 0 Å². The van der Waals surface area contributed by atoms with Crippen LogP contribution in [-0.2, 0) is 4.79 Å². The van der Waals surface area contributed by atoms with Crippen LogP contribution in [0.2, 0.25) is 0 Å². The summed E-state index contributed by atoms with van der Waals surface area (Å²) < 4.78 is 23.3. The van der Waals surface area contributed by atoms with Crippen molar-refractivity contribution >= 4 is 5.78 Å². The molecule has 1 aliphatic heterocycles. The van der Waals surface area contributed by atoms with Crippen LogP contribution < -0.4 is 5.32 Å². The maximum Gasteiger partial charge on any atom is 0.268 e. The van der Waals surface area contributed by atoms with E-state index in [2.05, 4.69) is 5.32 Å². The monoisotopic (exact) mass is 133 g/mol. The van der Waals surface area contributed by atoms with Crippen molar-refractivity contribution in [1.82, 2.24) is 5.32 Å². The van der Waals surface area contributed by atoms with Crippen LogP contribution in [0.25, 0.3) is 0 Å². The smallest absolute Gasteiger partial charge is 0.268 e. The molecule has 0 radical (unpaired) electrons. The predicted molar refractivity (Wildman–Crippen MR) is 27.1 cm³/mol. The summed E-state index contributed by atoms with van der Waals surface area (Å²) in [6.07, 6.45) is -1.57. The van der Waals surface area contributed by atoms with E-state index in [9.17, 15) is 13.6 Å². The predicted octanol–water partition coefficient (Wildman–Crippen LogP) is 0.308.